The molecular weight excluding hydrogens is 322 g/mol. The second kappa shape index (κ2) is 8.15. The maximum Gasteiger partial charge on any atom is 0.317 e. The quantitative estimate of drug-likeness (QED) is 0.824. The largest absolute Gasteiger partial charge is 0.467 e. The molecule has 2 N–H and O–H groups in total. The molecule has 0 saturated carbocycles. The number of carbonyl (C=O) groups excluding carboxylic acids is 1. The second-order valence-electron chi connectivity index (χ2n) is 6.65. The van der Waals surface area contributed by atoms with E-state index in [0.29, 0.717) is 18.9 Å². The van der Waals surface area contributed by atoms with Gasteiger partial charge in [0.1, 0.15) is 5.76 Å². The lowest BCUT2D eigenvalue weighted by Gasteiger charge is -2.31. The molecule has 0 aromatic carbocycles. The number of amides is 2. The van der Waals surface area contributed by atoms with Crippen molar-refractivity contribution in [3.8, 4) is 0 Å². The molecule has 2 amide bonds. The van der Waals surface area contributed by atoms with Gasteiger partial charge in [-0.2, -0.15) is 0 Å². The number of aromatic nitrogens is 3. The first-order valence-corrected chi connectivity index (χ1v) is 8.72. The monoisotopic (exact) mass is 347 g/mol. The summed E-state index contributed by atoms with van der Waals surface area (Å²) in [6, 6.07) is 3.61. The maximum atomic E-state index is 12.2. The summed E-state index contributed by atoms with van der Waals surface area (Å²) in [5, 5.41) is 20.5. The van der Waals surface area contributed by atoms with Gasteiger partial charge in [-0.25, -0.2) is 4.79 Å². The smallest absolute Gasteiger partial charge is 0.317 e. The highest BCUT2D eigenvalue weighted by atomic mass is 16.3. The molecule has 0 aliphatic carbocycles. The predicted octanol–water partition coefficient (Wildman–Crippen LogP) is 1.42. The number of nitrogens with zero attached hydrogens (tertiary/aromatic N) is 4. The first kappa shape index (κ1) is 17.5. The molecule has 1 aliphatic rings. The molecule has 1 fully saturated rings. The van der Waals surface area contributed by atoms with E-state index in [1.165, 1.54) is 0 Å². The molecule has 25 heavy (non-hydrogen) atoms. The van der Waals surface area contributed by atoms with E-state index < -0.39 is 6.10 Å². The highest BCUT2D eigenvalue weighted by Gasteiger charge is 2.23. The summed E-state index contributed by atoms with van der Waals surface area (Å²) >= 11 is 0. The van der Waals surface area contributed by atoms with Crippen LogP contribution in [0.15, 0.2) is 29.0 Å². The van der Waals surface area contributed by atoms with E-state index in [-0.39, 0.29) is 6.03 Å². The third-order valence-electron chi connectivity index (χ3n) is 4.43. The summed E-state index contributed by atoms with van der Waals surface area (Å²) in [6.45, 7) is 4.44. The van der Waals surface area contributed by atoms with Gasteiger partial charge in [0.2, 0.25) is 0 Å². The minimum absolute atomic E-state index is 0.0465. The van der Waals surface area contributed by atoms with Crippen LogP contribution in [0.1, 0.15) is 31.2 Å². The van der Waals surface area contributed by atoms with Gasteiger partial charge >= 0.3 is 6.03 Å². The number of urea groups is 1. The Kier molecular flexibility index (Phi) is 5.70. The molecule has 1 saturated heterocycles. The number of rotatable bonds is 6. The van der Waals surface area contributed by atoms with Crippen molar-refractivity contribution in [2.45, 2.75) is 45.4 Å². The van der Waals surface area contributed by atoms with Crippen LogP contribution in [-0.2, 0) is 19.5 Å². The van der Waals surface area contributed by atoms with Gasteiger partial charge in [-0.3, -0.25) is 4.68 Å². The molecule has 3 rings (SSSR count). The number of hydrogen-bond donors (Lipinski definition) is 2. The lowest BCUT2D eigenvalue weighted by atomic mass is 9.97. The van der Waals surface area contributed by atoms with Crippen molar-refractivity contribution in [2.24, 2.45) is 5.92 Å². The summed E-state index contributed by atoms with van der Waals surface area (Å²) in [7, 11) is 0. The van der Waals surface area contributed by atoms with Crippen LogP contribution in [0.2, 0.25) is 0 Å². The fraction of sp³-hybridized carbons (Fsp3) is 0.588. The van der Waals surface area contributed by atoms with Gasteiger partial charge in [-0.1, -0.05) is 5.21 Å². The highest BCUT2D eigenvalue weighted by Crippen LogP contribution is 2.19. The number of carbonyl (C=O) groups is 1. The van der Waals surface area contributed by atoms with Crippen molar-refractivity contribution in [3.05, 3.63) is 36.0 Å². The number of aliphatic hydroxyl groups is 1. The average molecular weight is 347 g/mol. The van der Waals surface area contributed by atoms with E-state index in [0.717, 1.165) is 43.9 Å². The van der Waals surface area contributed by atoms with Crippen molar-refractivity contribution < 1.29 is 14.3 Å². The minimum Gasteiger partial charge on any atom is -0.467 e. The van der Waals surface area contributed by atoms with Gasteiger partial charge in [-0.05, 0) is 37.8 Å². The van der Waals surface area contributed by atoms with Gasteiger partial charge < -0.3 is 19.7 Å². The second-order valence-corrected chi connectivity index (χ2v) is 6.65. The van der Waals surface area contributed by atoms with Crippen molar-refractivity contribution in [3.63, 3.8) is 0 Å². The van der Waals surface area contributed by atoms with E-state index in [1.54, 1.807) is 13.2 Å². The zero-order chi connectivity index (χ0) is 17.6. The Labute approximate surface area is 146 Å². The van der Waals surface area contributed by atoms with Crippen LogP contribution in [0.3, 0.4) is 0 Å². The minimum atomic E-state index is -0.409. The molecule has 136 valence electrons. The Balaban J connectivity index is 1.40. The zero-order valence-corrected chi connectivity index (χ0v) is 14.5. The third kappa shape index (κ3) is 5.06. The first-order valence-electron chi connectivity index (χ1n) is 8.72. The summed E-state index contributed by atoms with van der Waals surface area (Å²) in [5.74, 6) is 1.23. The van der Waals surface area contributed by atoms with Gasteiger partial charge in [0.05, 0.1) is 24.6 Å². The molecule has 8 heteroatoms. The van der Waals surface area contributed by atoms with Crippen LogP contribution >= 0.6 is 0 Å². The maximum absolute atomic E-state index is 12.2. The van der Waals surface area contributed by atoms with Crippen molar-refractivity contribution in [2.75, 3.05) is 13.1 Å². The highest BCUT2D eigenvalue weighted by molar-refractivity contribution is 5.74. The molecular formula is C17H25N5O3. The van der Waals surface area contributed by atoms with Crippen LogP contribution in [-0.4, -0.2) is 50.2 Å². The van der Waals surface area contributed by atoms with E-state index in [4.69, 9.17) is 4.42 Å². The fourth-order valence-corrected chi connectivity index (χ4v) is 3.09. The van der Waals surface area contributed by atoms with Crippen molar-refractivity contribution >= 4 is 6.03 Å². The molecule has 3 heterocycles. The van der Waals surface area contributed by atoms with Crippen LogP contribution in [0.5, 0.6) is 0 Å². The van der Waals surface area contributed by atoms with Crippen molar-refractivity contribution in [1.82, 2.24) is 25.2 Å². The topological polar surface area (TPSA) is 96.4 Å². The summed E-state index contributed by atoms with van der Waals surface area (Å²) < 4.78 is 7.06. The lowest BCUT2D eigenvalue weighted by molar-refractivity contribution is 0.163. The summed E-state index contributed by atoms with van der Waals surface area (Å²) in [5.41, 5.74) is 0.810. The van der Waals surface area contributed by atoms with Gasteiger partial charge in [0, 0.05) is 32.3 Å². The fourth-order valence-electron chi connectivity index (χ4n) is 3.09. The molecule has 0 spiro atoms. The molecule has 2 aromatic heterocycles. The molecule has 0 radical (unpaired) electrons. The zero-order valence-electron chi connectivity index (χ0n) is 14.5. The van der Waals surface area contributed by atoms with Crippen LogP contribution in [0.25, 0.3) is 0 Å². The number of furan rings is 1. The SMILES string of the molecule is C[C@H](O)Cc1cn(CC2CCN(C(=O)NCc3ccco3)CC2)nn1. The van der Waals surface area contributed by atoms with E-state index in [9.17, 15) is 9.90 Å². The van der Waals surface area contributed by atoms with E-state index in [2.05, 4.69) is 15.6 Å². The summed E-state index contributed by atoms with van der Waals surface area (Å²) in [4.78, 5) is 14.0. The standard InChI is InChI=1S/C17H25N5O3/c1-13(23)9-15-12-22(20-19-15)11-14-4-6-21(7-5-14)17(24)18-10-16-3-2-8-25-16/h2-3,8,12-14,23H,4-7,9-11H2,1H3,(H,18,24)/t13-/m0/s1. The average Bonchev–Trinajstić information content (AvgIpc) is 3.25. The van der Waals surface area contributed by atoms with E-state index in [1.807, 2.05) is 27.9 Å². The molecule has 0 bridgehead atoms. The molecule has 1 atom stereocenters. The Morgan fingerprint density at radius 1 is 1.48 bits per heavy atom. The van der Waals surface area contributed by atoms with E-state index >= 15 is 0 Å². The van der Waals surface area contributed by atoms with Crippen LogP contribution in [0, 0.1) is 5.92 Å². The third-order valence-corrected chi connectivity index (χ3v) is 4.43. The van der Waals surface area contributed by atoms with Gasteiger partial charge in [-0.15, -0.1) is 5.10 Å². The summed E-state index contributed by atoms with van der Waals surface area (Å²) in [6.07, 6.45) is 5.50. The first-order chi connectivity index (χ1) is 12.1. The number of likely N-dealkylation sites (tertiary alicyclic amines) is 1. The van der Waals surface area contributed by atoms with Gasteiger partial charge in [0.25, 0.3) is 0 Å². The normalized spacial score (nSPS) is 16.8. The Morgan fingerprint density at radius 3 is 2.96 bits per heavy atom. The van der Waals surface area contributed by atoms with Crippen molar-refractivity contribution in [1.29, 1.82) is 0 Å². The molecule has 8 nitrogen and oxygen atoms in total. The Hall–Kier alpha value is -2.35. The number of hydrogen-bond acceptors (Lipinski definition) is 5. The number of piperidine rings is 1. The molecule has 2 aromatic rings. The molecule has 1 aliphatic heterocycles. The molecule has 0 unspecified atom stereocenters. The Bertz CT molecular complexity index is 660. The number of aliphatic hydroxyl groups excluding tert-OH is 1. The van der Waals surface area contributed by atoms with Crippen LogP contribution in [0.4, 0.5) is 4.79 Å². The Morgan fingerprint density at radius 2 is 2.28 bits per heavy atom. The van der Waals surface area contributed by atoms with Gasteiger partial charge in [0.15, 0.2) is 0 Å². The van der Waals surface area contributed by atoms with Crippen LogP contribution < -0.4 is 5.32 Å². The predicted molar refractivity (Wildman–Crippen MR) is 90.6 cm³/mol. The number of nitrogens with one attached hydrogen (secondary N) is 1. The lowest BCUT2D eigenvalue weighted by Crippen LogP contribution is -2.44.